The van der Waals surface area contributed by atoms with Crippen LogP contribution in [-0.2, 0) is 23.8 Å². The summed E-state index contributed by atoms with van der Waals surface area (Å²) in [4.78, 5) is 25.3. The highest BCUT2D eigenvalue weighted by Gasteiger charge is 2.44. The van der Waals surface area contributed by atoms with Crippen molar-refractivity contribution in [1.82, 2.24) is 5.32 Å². The lowest BCUT2D eigenvalue weighted by Gasteiger charge is -2.40. The summed E-state index contributed by atoms with van der Waals surface area (Å²) in [6, 6.07) is -0.823. The lowest BCUT2D eigenvalue weighted by atomic mass is 9.99. The number of aliphatic hydroxyl groups excluding tert-OH is 5. The normalized spacial score (nSPS) is 17.1. The number of esters is 1. The minimum atomic E-state index is -1.57. The number of carbonyl (C=O) groups excluding carboxylic acids is 2. The highest BCUT2D eigenvalue weighted by atomic mass is 16.7. The van der Waals surface area contributed by atoms with Crippen LogP contribution in [0.4, 0.5) is 0 Å². The van der Waals surface area contributed by atoms with Gasteiger partial charge in [-0.05, 0) is 44.9 Å². The molecule has 100 heavy (non-hydrogen) atoms. The molecule has 0 saturated carbocycles. The molecule has 0 spiro atoms. The summed E-state index contributed by atoms with van der Waals surface area (Å²) in [6.07, 6.45) is 92.5. The molecule has 7 atom stereocenters. The predicted molar refractivity (Wildman–Crippen MR) is 426 cm³/mol. The van der Waals surface area contributed by atoms with Crippen LogP contribution in [-0.4, -0.2) is 100 Å². The number of rotatable bonds is 81. The second-order valence-electron chi connectivity index (χ2n) is 31.3. The number of unbranched alkanes of at least 4 members (excludes halogenated alkanes) is 65. The molecule has 0 bridgehead atoms. The van der Waals surface area contributed by atoms with Crippen LogP contribution in [0, 0.1) is 0 Å². The Bertz CT molecular complexity index is 1710. The Morgan fingerprint density at radius 1 is 0.360 bits per heavy atom. The van der Waals surface area contributed by atoms with E-state index in [2.05, 4.69) is 31.3 Å². The molecule has 1 amide bonds. The summed E-state index contributed by atoms with van der Waals surface area (Å²) in [5.74, 6) is -0.158. The van der Waals surface area contributed by atoms with Crippen molar-refractivity contribution in [3.8, 4) is 0 Å². The molecule has 0 aliphatic carbocycles. The molecule has 1 aliphatic heterocycles. The molecule has 1 saturated heterocycles. The monoisotopic (exact) mass is 1410 g/mol. The zero-order chi connectivity index (χ0) is 72.2. The van der Waals surface area contributed by atoms with Crippen LogP contribution >= 0.6 is 0 Å². The van der Waals surface area contributed by atoms with Crippen molar-refractivity contribution in [1.29, 1.82) is 0 Å². The van der Waals surface area contributed by atoms with Crippen LogP contribution < -0.4 is 5.32 Å². The molecule has 1 rings (SSSR count). The highest BCUT2D eigenvalue weighted by Crippen LogP contribution is 2.24. The number of ether oxygens (including phenoxy) is 3. The van der Waals surface area contributed by atoms with Gasteiger partial charge in [0.2, 0.25) is 5.91 Å². The van der Waals surface area contributed by atoms with E-state index in [0.717, 1.165) is 51.4 Å². The molecule has 1 aliphatic rings. The standard InChI is InChI=1S/C89H171NO10/c1-3-5-7-9-11-13-15-17-19-20-45-49-53-57-61-65-69-73-77-85(94)98-78-74-70-66-62-58-54-50-46-43-41-39-37-35-33-31-29-27-25-23-21-22-24-26-28-30-32-34-36-38-40-42-44-48-52-56-60-64-68-72-76-84(93)90-81(80-99-89-88(97)87(96)86(95)83(79-91)100-89)82(92)75-71-67-63-59-55-51-47-18-16-14-12-10-8-6-4-2/h55,59,71,75,81-83,86-89,91-92,95-97H,3-54,56-58,60-70,72-74,76-80H2,1-2H3,(H,90,93)/b59-55+,75-71+. The Balaban J connectivity index is 1.86. The van der Waals surface area contributed by atoms with Crippen molar-refractivity contribution < 1.29 is 49.3 Å². The molecular weight excluding hydrogens is 1240 g/mol. The van der Waals surface area contributed by atoms with E-state index in [4.69, 9.17) is 14.2 Å². The zero-order valence-corrected chi connectivity index (χ0v) is 66.5. The molecule has 6 N–H and O–H groups in total. The summed E-state index contributed by atoms with van der Waals surface area (Å²) >= 11 is 0. The largest absolute Gasteiger partial charge is 0.466 e. The van der Waals surface area contributed by atoms with E-state index >= 15 is 0 Å². The Morgan fingerprint density at radius 3 is 0.990 bits per heavy atom. The van der Waals surface area contributed by atoms with Gasteiger partial charge in [0.1, 0.15) is 24.4 Å². The highest BCUT2D eigenvalue weighted by molar-refractivity contribution is 5.76. The fourth-order valence-electron chi connectivity index (χ4n) is 14.6. The Morgan fingerprint density at radius 2 is 0.650 bits per heavy atom. The maximum atomic E-state index is 13.1. The summed E-state index contributed by atoms with van der Waals surface area (Å²) in [5.41, 5.74) is 0. The number of aliphatic hydroxyl groups is 5. The number of hydrogen-bond acceptors (Lipinski definition) is 10. The van der Waals surface area contributed by atoms with Crippen molar-refractivity contribution >= 4 is 11.9 Å². The maximum Gasteiger partial charge on any atom is 0.305 e. The molecule has 1 fully saturated rings. The van der Waals surface area contributed by atoms with Gasteiger partial charge in [-0.1, -0.05) is 436 Å². The number of nitrogens with one attached hydrogen (secondary N) is 1. The summed E-state index contributed by atoms with van der Waals surface area (Å²) in [7, 11) is 0. The van der Waals surface area contributed by atoms with E-state index in [9.17, 15) is 35.1 Å². The van der Waals surface area contributed by atoms with E-state index in [1.165, 1.54) is 392 Å². The zero-order valence-electron chi connectivity index (χ0n) is 66.5. The van der Waals surface area contributed by atoms with Crippen molar-refractivity contribution in [3.05, 3.63) is 24.3 Å². The molecule has 7 unspecified atom stereocenters. The van der Waals surface area contributed by atoms with E-state index in [1.807, 2.05) is 6.08 Å². The lowest BCUT2D eigenvalue weighted by molar-refractivity contribution is -0.302. The molecule has 0 radical (unpaired) electrons. The minimum absolute atomic E-state index is 0.0239. The Hall–Kier alpha value is -1.86. The summed E-state index contributed by atoms with van der Waals surface area (Å²) < 4.78 is 16.8. The van der Waals surface area contributed by atoms with Gasteiger partial charge < -0.3 is 45.1 Å². The first-order valence-corrected chi connectivity index (χ1v) is 44.6. The third-order valence-electron chi connectivity index (χ3n) is 21.6. The molecule has 11 nitrogen and oxygen atoms in total. The number of amides is 1. The second-order valence-corrected chi connectivity index (χ2v) is 31.3. The number of hydrogen-bond donors (Lipinski definition) is 6. The van der Waals surface area contributed by atoms with Crippen LogP contribution in [0.1, 0.15) is 470 Å². The molecule has 1 heterocycles. The first-order valence-electron chi connectivity index (χ1n) is 44.6. The van der Waals surface area contributed by atoms with E-state index in [1.54, 1.807) is 6.08 Å². The smallest absolute Gasteiger partial charge is 0.305 e. The van der Waals surface area contributed by atoms with E-state index in [0.29, 0.717) is 19.4 Å². The Kier molecular flexibility index (Phi) is 75.2. The molecular formula is C89H171NO10. The minimum Gasteiger partial charge on any atom is -0.466 e. The van der Waals surface area contributed by atoms with Gasteiger partial charge in [-0.2, -0.15) is 0 Å². The SMILES string of the molecule is CCCCCCCCCCC/C=C/CC/C=C/C(O)C(COC1OC(CO)C(O)C(O)C1O)NC(=O)CCCCCCCCCCCCCCCCCCCCCCCCCCCCCCCCCCCCCCCCCOC(=O)CCCCCCCCCCCCCCCCCCCC. The van der Waals surface area contributed by atoms with Gasteiger partial charge >= 0.3 is 5.97 Å². The molecule has 0 aromatic rings. The maximum absolute atomic E-state index is 13.1. The molecule has 592 valence electrons. The quantitative estimate of drug-likeness (QED) is 0.0195. The average Bonchev–Trinajstić information content (AvgIpc) is 0.824. The van der Waals surface area contributed by atoms with Crippen molar-refractivity contribution in [3.63, 3.8) is 0 Å². The van der Waals surface area contributed by atoms with Crippen LogP contribution in [0.15, 0.2) is 24.3 Å². The van der Waals surface area contributed by atoms with Crippen LogP contribution in [0.5, 0.6) is 0 Å². The molecule has 11 heteroatoms. The fraction of sp³-hybridized carbons (Fsp3) is 0.933. The van der Waals surface area contributed by atoms with Gasteiger partial charge in [0, 0.05) is 12.8 Å². The second kappa shape index (κ2) is 78.2. The van der Waals surface area contributed by atoms with Gasteiger partial charge in [0.15, 0.2) is 6.29 Å². The van der Waals surface area contributed by atoms with Gasteiger partial charge in [0.05, 0.1) is 32.0 Å². The van der Waals surface area contributed by atoms with Gasteiger partial charge in [-0.15, -0.1) is 0 Å². The topological polar surface area (TPSA) is 175 Å². The summed E-state index contributed by atoms with van der Waals surface area (Å²) in [5, 5.41) is 54.7. The third kappa shape index (κ3) is 65.6. The fourth-order valence-corrected chi connectivity index (χ4v) is 14.6. The Labute approximate surface area is 620 Å². The molecule has 0 aromatic heterocycles. The van der Waals surface area contributed by atoms with Crippen LogP contribution in [0.2, 0.25) is 0 Å². The summed E-state index contributed by atoms with van der Waals surface area (Å²) in [6.45, 7) is 4.41. The number of carbonyl (C=O) groups is 2. The van der Waals surface area contributed by atoms with Crippen molar-refractivity contribution in [2.45, 2.75) is 513 Å². The molecule has 0 aromatic carbocycles. The third-order valence-corrected chi connectivity index (χ3v) is 21.6. The predicted octanol–water partition coefficient (Wildman–Crippen LogP) is 25.0. The first kappa shape index (κ1) is 96.2. The van der Waals surface area contributed by atoms with Crippen LogP contribution in [0.3, 0.4) is 0 Å². The average molecular weight is 1420 g/mol. The van der Waals surface area contributed by atoms with Gasteiger partial charge in [-0.25, -0.2) is 0 Å². The number of allylic oxidation sites excluding steroid dienone is 3. The van der Waals surface area contributed by atoms with Crippen LogP contribution in [0.25, 0.3) is 0 Å². The van der Waals surface area contributed by atoms with E-state index in [-0.39, 0.29) is 18.5 Å². The van der Waals surface area contributed by atoms with E-state index < -0.39 is 49.5 Å². The van der Waals surface area contributed by atoms with Gasteiger partial charge in [0.25, 0.3) is 0 Å². The van der Waals surface area contributed by atoms with Gasteiger partial charge in [-0.3, -0.25) is 9.59 Å². The first-order chi connectivity index (χ1) is 49.2. The van der Waals surface area contributed by atoms with Crippen molar-refractivity contribution in [2.75, 3.05) is 19.8 Å². The van der Waals surface area contributed by atoms with Crippen molar-refractivity contribution in [2.24, 2.45) is 0 Å². The lowest BCUT2D eigenvalue weighted by Crippen LogP contribution is -2.60.